The number of nitrogens with two attached hydrogens (primary N) is 1. The number of carbonyl (C=O) groups is 3. The third-order valence-corrected chi connectivity index (χ3v) is 5.67. The zero-order valence-electron chi connectivity index (χ0n) is 20.4. The lowest BCUT2D eigenvalue weighted by atomic mass is 9.90. The number of anilines is 3. The zero-order chi connectivity index (χ0) is 25.9. The molecule has 9 heteroatoms. The number of pyridine rings is 1. The Balaban J connectivity index is 1.75. The number of hydrogen-bond acceptors (Lipinski definition) is 6. The first-order chi connectivity index (χ1) is 17.1. The summed E-state index contributed by atoms with van der Waals surface area (Å²) in [6, 6.07) is 18.6. The summed E-state index contributed by atoms with van der Waals surface area (Å²) in [5, 5.41) is 5.32. The topological polar surface area (TPSA) is 130 Å². The number of aliphatic imine (C=N–C) groups is 1. The lowest BCUT2D eigenvalue weighted by Gasteiger charge is -2.28. The van der Waals surface area contributed by atoms with E-state index in [1.54, 1.807) is 75.5 Å². The van der Waals surface area contributed by atoms with Gasteiger partial charge in [-0.2, -0.15) is 0 Å². The largest absolute Gasteiger partial charge is 0.399 e. The maximum absolute atomic E-state index is 13.8. The van der Waals surface area contributed by atoms with Crippen molar-refractivity contribution in [3.63, 3.8) is 0 Å². The quantitative estimate of drug-likeness (QED) is 0.476. The molecule has 9 nitrogen and oxygen atoms in total. The van der Waals surface area contributed by atoms with Gasteiger partial charge in [-0.1, -0.05) is 51.1 Å². The van der Waals surface area contributed by atoms with Crippen LogP contribution in [0.1, 0.15) is 32.0 Å². The van der Waals surface area contributed by atoms with Gasteiger partial charge in [-0.15, -0.1) is 0 Å². The summed E-state index contributed by atoms with van der Waals surface area (Å²) in [6.45, 7) is 5.23. The second-order valence-corrected chi connectivity index (χ2v) is 9.43. The summed E-state index contributed by atoms with van der Waals surface area (Å²) in [4.78, 5) is 50.1. The maximum Gasteiger partial charge on any atom is 0.321 e. The van der Waals surface area contributed by atoms with Crippen LogP contribution < -0.4 is 21.3 Å². The third kappa shape index (κ3) is 5.41. The van der Waals surface area contributed by atoms with Crippen LogP contribution in [0.2, 0.25) is 0 Å². The number of para-hydroxylation sites is 1. The van der Waals surface area contributed by atoms with Crippen molar-refractivity contribution >= 4 is 40.5 Å². The van der Waals surface area contributed by atoms with Gasteiger partial charge in [0.15, 0.2) is 5.78 Å². The number of carbonyl (C=O) groups excluding carboxylic acids is 3. The van der Waals surface area contributed by atoms with Gasteiger partial charge in [-0.25, -0.2) is 9.79 Å². The highest BCUT2D eigenvalue weighted by Gasteiger charge is 2.36. The standard InChI is InChI=1S/C27H28N6O3/c1-27(2,3)22(34)16-33-21-13-5-4-11-19(21)23(20-12-6-7-14-29-20)31-24(25(33)35)32-26(36)30-18-10-8-9-17(28)15-18/h4-15,24H,16,28H2,1-3H3,(H2,30,32,36)/t24-/m0/s1. The first-order valence-electron chi connectivity index (χ1n) is 11.5. The molecule has 0 saturated carbocycles. The number of urea groups is 1. The number of Topliss-reactive ketones (excluding diaryl/α,β-unsaturated/α-hetero) is 1. The van der Waals surface area contributed by atoms with Crippen molar-refractivity contribution in [3.8, 4) is 0 Å². The van der Waals surface area contributed by atoms with Gasteiger partial charge in [0, 0.05) is 28.6 Å². The molecular weight excluding hydrogens is 456 g/mol. The summed E-state index contributed by atoms with van der Waals surface area (Å²) in [5.41, 5.74) is 8.19. The van der Waals surface area contributed by atoms with Gasteiger partial charge in [-0.05, 0) is 36.4 Å². The van der Waals surface area contributed by atoms with Crippen LogP contribution in [0, 0.1) is 5.41 Å². The molecule has 0 saturated heterocycles. The Morgan fingerprint density at radius 1 is 1.03 bits per heavy atom. The van der Waals surface area contributed by atoms with Crippen molar-refractivity contribution in [2.75, 3.05) is 22.5 Å². The summed E-state index contributed by atoms with van der Waals surface area (Å²) in [5.74, 6) is -0.663. The van der Waals surface area contributed by atoms with Crippen LogP contribution in [0.4, 0.5) is 21.9 Å². The van der Waals surface area contributed by atoms with E-state index in [9.17, 15) is 14.4 Å². The lowest BCUT2D eigenvalue weighted by Crippen LogP contribution is -2.50. The van der Waals surface area contributed by atoms with Crippen molar-refractivity contribution in [3.05, 3.63) is 84.2 Å². The molecule has 0 radical (unpaired) electrons. The number of aromatic nitrogens is 1. The molecule has 1 atom stereocenters. The van der Waals surface area contributed by atoms with Gasteiger partial charge in [0.05, 0.1) is 23.6 Å². The van der Waals surface area contributed by atoms with E-state index < -0.39 is 23.5 Å². The predicted octanol–water partition coefficient (Wildman–Crippen LogP) is 3.61. The van der Waals surface area contributed by atoms with Crippen LogP contribution in [-0.2, 0) is 9.59 Å². The molecule has 1 aliphatic rings. The van der Waals surface area contributed by atoms with E-state index in [0.717, 1.165) is 0 Å². The van der Waals surface area contributed by atoms with E-state index in [-0.39, 0.29) is 12.3 Å². The van der Waals surface area contributed by atoms with Crippen molar-refractivity contribution in [1.82, 2.24) is 10.3 Å². The molecule has 1 aliphatic heterocycles. The second-order valence-electron chi connectivity index (χ2n) is 9.43. The predicted molar refractivity (Wildman–Crippen MR) is 140 cm³/mol. The number of fused-ring (bicyclic) bond motifs is 1. The SMILES string of the molecule is CC(C)(C)C(=O)CN1C(=O)[C@H](NC(=O)Nc2cccc(N)c2)N=C(c2ccccn2)c2ccccc21. The van der Waals surface area contributed by atoms with Crippen LogP contribution >= 0.6 is 0 Å². The summed E-state index contributed by atoms with van der Waals surface area (Å²) >= 11 is 0. The van der Waals surface area contributed by atoms with Crippen molar-refractivity contribution in [2.24, 2.45) is 10.4 Å². The Hall–Kier alpha value is -4.53. The highest BCUT2D eigenvalue weighted by atomic mass is 16.2. The Labute approximate surface area is 209 Å². The maximum atomic E-state index is 13.8. The number of amides is 3. The Morgan fingerprint density at radius 2 is 1.78 bits per heavy atom. The van der Waals surface area contributed by atoms with Gasteiger partial charge in [0.2, 0.25) is 6.17 Å². The average molecular weight is 485 g/mol. The number of rotatable bonds is 5. The Bertz CT molecular complexity index is 1330. The highest BCUT2D eigenvalue weighted by molar-refractivity contribution is 6.20. The lowest BCUT2D eigenvalue weighted by molar-refractivity contribution is -0.127. The van der Waals surface area contributed by atoms with Gasteiger partial charge in [0.1, 0.15) is 0 Å². The Morgan fingerprint density at radius 3 is 2.47 bits per heavy atom. The zero-order valence-corrected chi connectivity index (χ0v) is 20.4. The summed E-state index contributed by atoms with van der Waals surface area (Å²) in [7, 11) is 0. The minimum atomic E-state index is -1.30. The average Bonchev–Trinajstić information content (AvgIpc) is 2.94. The monoisotopic (exact) mass is 484 g/mol. The van der Waals surface area contributed by atoms with Crippen LogP contribution in [-0.4, -0.2) is 41.1 Å². The fraction of sp³-hybridized carbons (Fsp3) is 0.222. The minimum absolute atomic E-state index is 0.130. The van der Waals surface area contributed by atoms with E-state index in [0.29, 0.717) is 34.0 Å². The molecule has 0 unspecified atom stereocenters. The number of benzene rings is 2. The molecule has 0 bridgehead atoms. The molecule has 1 aromatic heterocycles. The molecular formula is C27H28N6O3. The van der Waals surface area contributed by atoms with Crippen molar-refractivity contribution < 1.29 is 14.4 Å². The molecule has 0 fully saturated rings. The number of nitrogens with one attached hydrogen (secondary N) is 2. The van der Waals surface area contributed by atoms with Gasteiger partial charge < -0.3 is 21.3 Å². The number of ketones is 1. The first-order valence-corrected chi connectivity index (χ1v) is 11.5. The smallest absolute Gasteiger partial charge is 0.321 e. The third-order valence-electron chi connectivity index (χ3n) is 5.67. The van der Waals surface area contributed by atoms with Crippen LogP contribution in [0.3, 0.4) is 0 Å². The van der Waals surface area contributed by atoms with E-state index in [4.69, 9.17) is 5.73 Å². The van der Waals surface area contributed by atoms with Crippen LogP contribution in [0.5, 0.6) is 0 Å². The normalized spacial score (nSPS) is 15.4. The molecule has 2 aromatic carbocycles. The van der Waals surface area contributed by atoms with E-state index in [1.807, 2.05) is 18.2 Å². The number of hydrogen-bond donors (Lipinski definition) is 3. The summed E-state index contributed by atoms with van der Waals surface area (Å²) in [6.07, 6.45) is 0.325. The van der Waals surface area contributed by atoms with Gasteiger partial charge in [0.25, 0.3) is 5.91 Å². The molecule has 4 rings (SSSR count). The molecule has 36 heavy (non-hydrogen) atoms. The fourth-order valence-electron chi connectivity index (χ4n) is 3.68. The van der Waals surface area contributed by atoms with Crippen LogP contribution in [0.15, 0.2) is 77.9 Å². The van der Waals surface area contributed by atoms with Gasteiger partial charge in [-0.3, -0.25) is 14.6 Å². The number of nitrogens with zero attached hydrogens (tertiary/aromatic N) is 3. The number of benzodiazepines with no additional fused rings is 1. The van der Waals surface area contributed by atoms with Crippen molar-refractivity contribution in [2.45, 2.75) is 26.9 Å². The van der Waals surface area contributed by atoms with Crippen LogP contribution in [0.25, 0.3) is 0 Å². The minimum Gasteiger partial charge on any atom is -0.399 e. The number of nitrogen functional groups attached to an aromatic ring is 1. The molecule has 0 spiro atoms. The van der Waals surface area contributed by atoms with E-state index in [1.165, 1.54) is 4.90 Å². The molecule has 0 aliphatic carbocycles. The molecule has 3 amide bonds. The fourth-order valence-corrected chi connectivity index (χ4v) is 3.68. The van der Waals surface area contributed by atoms with Crippen molar-refractivity contribution in [1.29, 1.82) is 0 Å². The molecule has 4 N–H and O–H groups in total. The van der Waals surface area contributed by atoms with E-state index in [2.05, 4.69) is 20.6 Å². The summed E-state index contributed by atoms with van der Waals surface area (Å²) < 4.78 is 0. The highest BCUT2D eigenvalue weighted by Crippen LogP contribution is 2.29. The molecule has 3 aromatic rings. The first kappa shape index (κ1) is 24.6. The molecule has 184 valence electrons. The second kappa shape index (κ2) is 9.99. The molecule has 2 heterocycles. The van der Waals surface area contributed by atoms with Gasteiger partial charge >= 0.3 is 6.03 Å². The Kier molecular flexibility index (Phi) is 6.82. The van der Waals surface area contributed by atoms with E-state index >= 15 is 0 Å².